The third-order valence-corrected chi connectivity index (χ3v) is 5.49. The van der Waals surface area contributed by atoms with Gasteiger partial charge < -0.3 is 20.1 Å². The third kappa shape index (κ3) is 6.90. The molecule has 8 nitrogen and oxygen atoms in total. The molecule has 2 amide bonds. The lowest BCUT2D eigenvalue weighted by Crippen LogP contribution is -2.53. The van der Waals surface area contributed by atoms with Gasteiger partial charge in [-0.2, -0.15) is 0 Å². The molecule has 1 aliphatic rings. The molecule has 1 fully saturated rings. The Labute approximate surface area is 192 Å². The van der Waals surface area contributed by atoms with Gasteiger partial charge in [0, 0.05) is 19.3 Å². The van der Waals surface area contributed by atoms with Crippen LogP contribution in [0.4, 0.5) is 0 Å². The fourth-order valence-electron chi connectivity index (χ4n) is 3.39. The van der Waals surface area contributed by atoms with Gasteiger partial charge in [0.25, 0.3) is 0 Å². The molecule has 0 aliphatic heterocycles. The van der Waals surface area contributed by atoms with E-state index in [9.17, 15) is 19.2 Å². The highest BCUT2D eigenvalue weighted by atomic mass is 16.5. The molecule has 3 rings (SSSR count). The van der Waals surface area contributed by atoms with Crippen LogP contribution in [0.1, 0.15) is 30.9 Å². The summed E-state index contributed by atoms with van der Waals surface area (Å²) >= 11 is 0. The monoisotopic (exact) mass is 452 g/mol. The first kappa shape index (κ1) is 24.0. The number of rotatable bonds is 10. The van der Waals surface area contributed by atoms with Crippen LogP contribution >= 0.6 is 0 Å². The highest BCUT2D eigenvalue weighted by Gasteiger charge is 2.34. The molecule has 2 aromatic rings. The first-order chi connectivity index (χ1) is 15.9. The maximum atomic E-state index is 12.8. The normalized spacial score (nSPS) is 15.0. The van der Waals surface area contributed by atoms with Crippen molar-refractivity contribution in [1.82, 2.24) is 10.6 Å². The van der Waals surface area contributed by atoms with Gasteiger partial charge in [-0.25, -0.2) is 4.79 Å². The van der Waals surface area contributed by atoms with Crippen LogP contribution in [-0.4, -0.2) is 42.8 Å². The van der Waals surface area contributed by atoms with E-state index in [2.05, 4.69) is 10.6 Å². The zero-order valence-electron chi connectivity index (χ0n) is 18.7. The number of carbonyl (C=O) groups excluding carboxylic acids is 4. The van der Waals surface area contributed by atoms with E-state index >= 15 is 0 Å². The first-order valence-corrected chi connectivity index (χ1v) is 10.8. The standard InChI is InChI=1S/C25H28N2O6/c1-16(26-24(30)19-13-20(28)14-19)23(29)27-22(12-17-8-10-21(32-2)11-9-17)25(31)33-15-18-6-4-3-5-7-18/h3-11,16,19,22H,12-15H2,1-2H3,(H,26,30)(H,27,29)/t16-,22+/m1/s1. The minimum absolute atomic E-state index is 0.0352. The Morgan fingerprint density at radius 1 is 0.970 bits per heavy atom. The van der Waals surface area contributed by atoms with Crippen molar-refractivity contribution in [1.29, 1.82) is 0 Å². The number of hydrogen-bond acceptors (Lipinski definition) is 6. The molecule has 1 aliphatic carbocycles. The summed E-state index contributed by atoms with van der Waals surface area (Å²) < 4.78 is 10.6. The zero-order valence-corrected chi connectivity index (χ0v) is 18.7. The van der Waals surface area contributed by atoms with Gasteiger partial charge in [0.1, 0.15) is 30.2 Å². The Kier molecular flexibility index (Phi) is 8.18. The van der Waals surface area contributed by atoms with Crippen LogP contribution in [0.2, 0.25) is 0 Å². The zero-order chi connectivity index (χ0) is 23.8. The van der Waals surface area contributed by atoms with E-state index < -0.39 is 29.9 Å². The SMILES string of the molecule is COc1ccc(C[C@H](NC(=O)[C@@H](C)NC(=O)C2CC(=O)C2)C(=O)OCc2ccccc2)cc1. The Bertz CT molecular complexity index is 982. The fourth-order valence-corrected chi connectivity index (χ4v) is 3.39. The van der Waals surface area contributed by atoms with Gasteiger partial charge in [0.15, 0.2) is 0 Å². The molecule has 0 aromatic heterocycles. The van der Waals surface area contributed by atoms with Crippen molar-refractivity contribution in [2.75, 3.05) is 7.11 Å². The number of Topliss-reactive ketones (excluding diaryl/α,β-unsaturated/α-hetero) is 1. The van der Waals surface area contributed by atoms with Crippen molar-refractivity contribution in [2.45, 2.75) is 44.9 Å². The van der Waals surface area contributed by atoms with Crippen LogP contribution in [0.5, 0.6) is 5.75 Å². The number of ketones is 1. The number of ether oxygens (including phenoxy) is 2. The topological polar surface area (TPSA) is 111 Å². The number of benzene rings is 2. The van der Waals surface area contributed by atoms with Crippen LogP contribution in [0.25, 0.3) is 0 Å². The smallest absolute Gasteiger partial charge is 0.329 e. The molecule has 0 bridgehead atoms. The number of hydrogen-bond donors (Lipinski definition) is 2. The predicted octanol–water partition coefficient (Wildman–Crippen LogP) is 1.95. The molecule has 33 heavy (non-hydrogen) atoms. The minimum Gasteiger partial charge on any atom is -0.497 e. The van der Waals surface area contributed by atoms with E-state index in [1.54, 1.807) is 31.4 Å². The predicted molar refractivity (Wildman–Crippen MR) is 120 cm³/mol. The quantitative estimate of drug-likeness (QED) is 0.533. The number of methoxy groups -OCH3 is 1. The summed E-state index contributed by atoms with van der Waals surface area (Å²) in [6, 6.07) is 14.6. The van der Waals surface area contributed by atoms with Gasteiger partial charge in [0.05, 0.1) is 13.0 Å². The first-order valence-electron chi connectivity index (χ1n) is 10.8. The van der Waals surface area contributed by atoms with Crippen LogP contribution in [-0.2, 0) is 36.9 Å². The second kappa shape index (κ2) is 11.3. The molecule has 0 unspecified atom stereocenters. The molecule has 8 heteroatoms. The lowest BCUT2D eigenvalue weighted by Gasteiger charge is -2.25. The summed E-state index contributed by atoms with van der Waals surface area (Å²) in [6.45, 7) is 1.62. The van der Waals surface area contributed by atoms with Crippen molar-refractivity contribution >= 4 is 23.6 Å². The molecular formula is C25H28N2O6. The van der Waals surface area contributed by atoms with Crippen LogP contribution in [0.15, 0.2) is 54.6 Å². The van der Waals surface area contributed by atoms with Gasteiger partial charge >= 0.3 is 5.97 Å². The molecule has 0 heterocycles. The molecule has 0 saturated heterocycles. The van der Waals surface area contributed by atoms with Crippen molar-refractivity contribution in [3.05, 3.63) is 65.7 Å². The lowest BCUT2D eigenvalue weighted by atomic mass is 9.83. The van der Waals surface area contributed by atoms with E-state index in [1.165, 1.54) is 6.92 Å². The van der Waals surface area contributed by atoms with Crippen LogP contribution in [0, 0.1) is 5.92 Å². The second-order valence-electron chi connectivity index (χ2n) is 8.08. The van der Waals surface area contributed by atoms with E-state index in [0.717, 1.165) is 11.1 Å². The largest absolute Gasteiger partial charge is 0.497 e. The Balaban J connectivity index is 1.63. The lowest BCUT2D eigenvalue weighted by molar-refractivity contribution is -0.149. The van der Waals surface area contributed by atoms with Crippen molar-refractivity contribution in [3.8, 4) is 5.75 Å². The van der Waals surface area contributed by atoms with Crippen molar-refractivity contribution < 1.29 is 28.7 Å². The molecule has 1 saturated carbocycles. The van der Waals surface area contributed by atoms with Crippen LogP contribution < -0.4 is 15.4 Å². The number of nitrogens with one attached hydrogen (secondary N) is 2. The third-order valence-electron chi connectivity index (χ3n) is 5.49. The van der Waals surface area contributed by atoms with E-state index in [0.29, 0.717) is 5.75 Å². The van der Waals surface area contributed by atoms with Gasteiger partial charge in [-0.1, -0.05) is 42.5 Å². The average molecular weight is 453 g/mol. The van der Waals surface area contributed by atoms with E-state index in [4.69, 9.17) is 9.47 Å². The Hall–Kier alpha value is -3.68. The molecule has 174 valence electrons. The van der Waals surface area contributed by atoms with Gasteiger partial charge in [-0.15, -0.1) is 0 Å². The second-order valence-corrected chi connectivity index (χ2v) is 8.08. The molecule has 2 atom stereocenters. The maximum Gasteiger partial charge on any atom is 0.329 e. The summed E-state index contributed by atoms with van der Waals surface area (Å²) in [5.41, 5.74) is 1.64. The van der Waals surface area contributed by atoms with Gasteiger partial charge in [0.2, 0.25) is 11.8 Å². The molecule has 2 aromatic carbocycles. The highest BCUT2D eigenvalue weighted by molar-refractivity contribution is 5.98. The Morgan fingerprint density at radius 3 is 2.24 bits per heavy atom. The number of esters is 1. The molecule has 0 radical (unpaired) electrons. The van der Waals surface area contributed by atoms with Crippen LogP contribution in [0.3, 0.4) is 0 Å². The summed E-state index contributed by atoms with van der Waals surface area (Å²) in [6.07, 6.45) is 0.610. The van der Waals surface area contributed by atoms with Crippen molar-refractivity contribution in [3.63, 3.8) is 0 Å². The summed E-state index contributed by atoms with van der Waals surface area (Å²) in [5.74, 6) is -1.10. The molecule has 2 N–H and O–H groups in total. The highest BCUT2D eigenvalue weighted by Crippen LogP contribution is 2.22. The maximum absolute atomic E-state index is 12.8. The van der Waals surface area contributed by atoms with Crippen molar-refractivity contribution in [2.24, 2.45) is 5.92 Å². The Morgan fingerprint density at radius 2 is 1.64 bits per heavy atom. The fraction of sp³-hybridized carbons (Fsp3) is 0.360. The van der Waals surface area contributed by atoms with Gasteiger partial charge in [-0.3, -0.25) is 14.4 Å². The van der Waals surface area contributed by atoms with E-state index in [-0.39, 0.29) is 37.6 Å². The molecular weight excluding hydrogens is 424 g/mol. The molecule has 0 spiro atoms. The van der Waals surface area contributed by atoms with Gasteiger partial charge in [-0.05, 0) is 30.2 Å². The summed E-state index contributed by atoms with van der Waals surface area (Å²) in [4.78, 5) is 48.9. The van der Waals surface area contributed by atoms with E-state index in [1.807, 2.05) is 30.3 Å². The average Bonchev–Trinajstić information content (AvgIpc) is 2.81. The number of amides is 2. The number of carbonyl (C=O) groups is 4. The summed E-state index contributed by atoms with van der Waals surface area (Å²) in [5, 5.41) is 5.30. The summed E-state index contributed by atoms with van der Waals surface area (Å²) in [7, 11) is 1.56. The minimum atomic E-state index is -0.945.